The summed E-state index contributed by atoms with van der Waals surface area (Å²) in [5.41, 5.74) is 0.837. The number of aryl methyl sites for hydroxylation is 1. The number of aromatic nitrogens is 2. The molecule has 1 unspecified atom stereocenters. The summed E-state index contributed by atoms with van der Waals surface area (Å²) in [6, 6.07) is 5.88. The molecule has 0 bridgehead atoms. The Morgan fingerprint density at radius 3 is 2.65 bits per heavy atom. The van der Waals surface area contributed by atoms with E-state index in [0.717, 1.165) is 20.7 Å². The highest BCUT2D eigenvalue weighted by molar-refractivity contribution is 7.16. The third-order valence-corrected chi connectivity index (χ3v) is 3.79. The van der Waals surface area contributed by atoms with E-state index in [1.807, 2.05) is 32.0 Å². The zero-order valence-corrected chi connectivity index (χ0v) is 11.7. The first-order chi connectivity index (χ1) is 8.04. The molecule has 6 heteroatoms. The van der Waals surface area contributed by atoms with Crippen LogP contribution in [0.4, 0.5) is 5.82 Å². The van der Waals surface area contributed by atoms with Crippen molar-refractivity contribution in [3.05, 3.63) is 38.4 Å². The summed E-state index contributed by atoms with van der Waals surface area (Å²) in [6.45, 7) is 3.93. The number of halogens is 2. The van der Waals surface area contributed by atoms with Gasteiger partial charge in [0.1, 0.15) is 5.82 Å². The molecule has 0 amide bonds. The van der Waals surface area contributed by atoms with Crippen LogP contribution in [0.1, 0.15) is 23.5 Å². The third-order valence-electron chi connectivity index (χ3n) is 2.21. The molecule has 17 heavy (non-hydrogen) atoms. The molecule has 3 nitrogen and oxygen atoms in total. The molecule has 0 aliphatic heterocycles. The van der Waals surface area contributed by atoms with Crippen LogP contribution < -0.4 is 5.32 Å². The van der Waals surface area contributed by atoms with Crippen LogP contribution in [0.3, 0.4) is 0 Å². The van der Waals surface area contributed by atoms with Crippen LogP contribution in [0.5, 0.6) is 0 Å². The van der Waals surface area contributed by atoms with E-state index in [9.17, 15) is 0 Å². The predicted octanol–water partition coefficient (Wildman–Crippen LogP) is 4.33. The molecule has 0 aliphatic carbocycles. The van der Waals surface area contributed by atoms with Crippen LogP contribution in [0.2, 0.25) is 9.62 Å². The van der Waals surface area contributed by atoms with Gasteiger partial charge in [0, 0.05) is 16.6 Å². The molecular formula is C11H11Cl2N3S. The summed E-state index contributed by atoms with van der Waals surface area (Å²) in [5.74, 6) is 0.722. The molecule has 2 aromatic rings. The van der Waals surface area contributed by atoms with Crippen molar-refractivity contribution in [3.63, 3.8) is 0 Å². The number of hydrogen-bond acceptors (Lipinski definition) is 4. The lowest BCUT2D eigenvalue weighted by molar-refractivity contribution is 0.891. The molecule has 1 N–H and O–H groups in total. The average Bonchev–Trinajstić information content (AvgIpc) is 2.63. The average molecular weight is 288 g/mol. The number of hydrogen-bond donors (Lipinski definition) is 1. The van der Waals surface area contributed by atoms with Gasteiger partial charge in [0.25, 0.3) is 0 Å². The highest BCUT2D eigenvalue weighted by Crippen LogP contribution is 2.28. The molecule has 90 valence electrons. The van der Waals surface area contributed by atoms with E-state index in [-0.39, 0.29) is 11.3 Å². The second kappa shape index (κ2) is 5.21. The fraction of sp³-hybridized carbons (Fsp3) is 0.273. The molecule has 2 aromatic heterocycles. The van der Waals surface area contributed by atoms with Crippen LogP contribution in [-0.2, 0) is 0 Å². The lowest BCUT2D eigenvalue weighted by atomic mass is 10.3. The Hall–Kier alpha value is -0.840. The molecule has 0 aliphatic rings. The minimum absolute atomic E-state index is 0.137. The Morgan fingerprint density at radius 1 is 1.29 bits per heavy atom. The molecule has 0 spiro atoms. The van der Waals surface area contributed by atoms with E-state index in [1.165, 1.54) is 0 Å². The van der Waals surface area contributed by atoms with Crippen molar-refractivity contribution >= 4 is 40.4 Å². The zero-order valence-electron chi connectivity index (χ0n) is 9.37. The van der Waals surface area contributed by atoms with Crippen LogP contribution >= 0.6 is 34.5 Å². The van der Waals surface area contributed by atoms with E-state index in [1.54, 1.807) is 11.3 Å². The first-order valence-corrected chi connectivity index (χ1v) is 6.65. The summed E-state index contributed by atoms with van der Waals surface area (Å²) >= 11 is 13.3. The molecule has 0 radical (unpaired) electrons. The molecule has 2 heterocycles. The number of rotatable bonds is 3. The van der Waals surface area contributed by atoms with E-state index in [2.05, 4.69) is 15.3 Å². The lowest BCUT2D eigenvalue weighted by Crippen LogP contribution is -2.07. The van der Waals surface area contributed by atoms with Gasteiger partial charge in [-0.05, 0) is 37.6 Å². The van der Waals surface area contributed by atoms with Crippen molar-refractivity contribution in [2.75, 3.05) is 5.32 Å². The Balaban J connectivity index is 2.15. The van der Waals surface area contributed by atoms with Gasteiger partial charge in [-0.3, -0.25) is 0 Å². The molecule has 0 saturated carbocycles. The largest absolute Gasteiger partial charge is 0.363 e. The Labute approximate surface area is 114 Å². The highest BCUT2D eigenvalue weighted by atomic mass is 35.5. The van der Waals surface area contributed by atoms with Crippen molar-refractivity contribution in [1.29, 1.82) is 0 Å². The molecule has 0 aromatic carbocycles. The van der Waals surface area contributed by atoms with Crippen molar-refractivity contribution in [2.45, 2.75) is 19.9 Å². The normalized spacial score (nSPS) is 12.5. The van der Waals surface area contributed by atoms with Crippen LogP contribution in [0.15, 0.2) is 18.2 Å². The maximum atomic E-state index is 5.90. The maximum Gasteiger partial charge on any atom is 0.224 e. The van der Waals surface area contributed by atoms with Gasteiger partial charge < -0.3 is 5.32 Å². The summed E-state index contributed by atoms with van der Waals surface area (Å²) in [6.07, 6.45) is 0. The van der Waals surface area contributed by atoms with E-state index < -0.39 is 0 Å². The highest BCUT2D eigenvalue weighted by Gasteiger charge is 2.09. The minimum atomic E-state index is 0.137. The fourth-order valence-electron chi connectivity index (χ4n) is 1.46. The van der Waals surface area contributed by atoms with Crippen LogP contribution in [0.25, 0.3) is 0 Å². The Bertz CT molecular complexity index is 507. The Kier molecular flexibility index (Phi) is 3.86. The number of anilines is 1. The summed E-state index contributed by atoms with van der Waals surface area (Å²) in [5, 5.41) is 3.52. The van der Waals surface area contributed by atoms with Crippen molar-refractivity contribution in [3.8, 4) is 0 Å². The van der Waals surface area contributed by atoms with Crippen molar-refractivity contribution in [2.24, 2.45) is 0 Å². The standard InChI is InChI=1S/C11H11Cl2N3S/c1-6-5-10(16-11(13)14-6)15-7(2)8-3-4-9(12)17-8/h3-5,7H,1-2H3,(H,14,15,16). The predicted molar refractivity (Wildman–Crippen MR) is 73.1 cm³/mol. The summed E-state index contributed by atoms with van der Waals surface area (Å²) in [7, 11) is 0. The summed E-state index contributed by atoms with van der Waals surface area (Å²) < 4.78 is 0.783. The fourth-order valence-corrected chi connectivity index (χ4v) is 2.75. The second-order valence-electron chi connectivity index (χ2n) is 3.67. The van der Waals surface area contributed by atoms with Crippen molar-refractivity contribution < 1.29 is 0 Å². The first-order valence-electron chi connectivity index (χ1n) is 5.07. The first kappa shape index (κ1) is 12.6. The van der Waals surface area contributed by atoms with Crippen molar-refractivity contribution in [1.82, 2.24) is 9.97 Å². The van der Waals surface area contributed by atoms with E-state index in [0.29, 0.717) is 0 Å². The molecule has 0 saturated heterocycles. The Morgan fingerprint density at radius 2 is 2.06 bits per heavy atom. The van der Waals surface area contributed by atoms with Gasteiger partial charge in [0.2, 0.25) is 5.28 Å². The topological polar surface area (TPSA) is 37.8 Å². The SMILES string of the molecule is Cc1cc(NC(C)c2ccc(Cl)s2)nc(Cl)n1. The van der Waals surface area contributed by atoms with Crippen LogP contribution in [-0.4, -0.2) is 9.97 Å². The number of nitrogens with one attached hydrogen (secondary N) is 1. The molecular weight excluding hydrogens is 277 g/mol. The second-order valence-corrected chi connectivity index (χ2v) is 5.76. The molecule has 0 fully saturated rings. The zero-order chi connectivity index (χ0) is 12.4. The van der Waals surface area contributed by atoms with Gasteiger partial charge in [-0.1, -0.05) is 11.6 Å². The van der Waals surface area contributed by atoms with Gasteiger partial charge in [-0.15, -0.1) is 11.3 Å². The minimum Gasteiger partial charge on any atom is -0.363 e. The van der Waals surface area contributed by atoms with Crippen LogP contribution in [0, 0.1) is 6.92 Å². The molecule has 1 atom stereocenters. The molecule has 2 rings (SSSR count). The number of nitrogens with zero attached hydrogens (tertiary/aromatic N) is 2. The third kappa shape index (κ3) is 3.31. The van der Waals surface area contributed by atoms with Gasteiger partial charge in [-0.2, -0.15) is 0 Å². The van der Waals surface area contributed by atoms with Gasteiger partial charge >= 0.3 is 0 Å². The maximum absolute atomic E-state index is 5.90. The van der Waals surface area contributed by atoms with Gasteiger partial charge in [-0.25, -0.2) is 9.97 Å². The van der Waals surface area contributed by atoms with Gasteiger partial charge in [0.15, 0.2) is 0 Å². The quantitative estimate of drug-likeness (QED) is 0.854. The number of thiophene rings is 1. The van der Waals surface area contributed by atoms with E-state index in [4.69, 9.17) is 23.2 Å². The lowest BCUT2D eigenvalue weighted by Gasteiger charge is -2.13. The van der Waals surface area contributed by atoms with Gasteiger partial charge in [0.05, 0.1) is 10.4 Å². The van der Waals surface area contributed by atoms with E-state index >= 15 is 0 Å². The summed E-state index contributed by atoms with van der Waals surface area (Å²) in [4.78, 5) is 9.29. The smallest absolute Gasteiger partial charge is 0.224 e. The monoisotopic (exact) mass is 287 g/mol.